The zero-order chi connectivity index (χ0) is 22.2. The molecule has 164 valence electrons. The summed E-state index contributed by atoms with van der Waals surface area (Å²) in [5.41, 5.74) is 0.746. The first kappa shape index (κ1) is 20.2. The lowest BCUT2D eigenvalue weighted by atomic mass is 10.1. The monoisotopic (exact) mass is 439 g/mol. The summed E-state index contributed by atoms with van der Waals surface area (Å²) in [6, 6.07) is 10.4. The van der Waals surface area contributed by atoms with E-state index in [1.807, 2.05) is 18.2 Å². The first-order chi connectivity index (χ1) is 15.5. The van der Waals surface area contributed by atoms with Gasteiger partial charge in [0.05, 0.1) is 6.33 Å². The van der Waals surface area contributed by atoms with Crippen LogP contribution in [0.15, 0.2) is 58.0 Å². The van der Waals surface area contributed by atoms with Crippen molar-refractivity contribution >= 4 is 28.0 Å². The molecule has 2 aromatic heterocycles. The molecule has 0 spiro atoms. The van der Waals surface area contributed by atoms with Gasteiger partial charge < -0.3 is 14.1 Å². The number of fused-ring (bicyclic) bond motifs is 3. The van der Waals surface area contributed by atoms with Crippen LogP contribution in [0, 0.1) is 11.6 Å². The molecule has 5 rings (SSSR count). The third-order valence-corrected chi connectivity index (χ3v) is 5.64. The number of carbonyl (C=O) groups is 1. The van der Waals surface area contributed by atoms with Gasteiger partial charge in [-0.3, -0.25) is 14.2 Å². The second kappa shape index (κ2) is 8.07. The van der Waals surface area contributed by atoms with Crippen molar-refractivity contribution in [2.24, 2.45) is 0 Å². The van der Waals surface area contributed by atoms with Crippen molar-refractivity contribution in [3.8, 4) is 5.75 Å². The first-order valence-electron chi connectivity index (χ1n) is 10.3. The summed E-state index contributed by atoms with van der Waals surface area (Å²) in [7, 11) is 0. The van der Waals surface area contributed by atoms with Crippen molar-refractivity contribution in [1.29, 1.82) is 0 Å². The summed E-state index contributed by atoms with van der Waals surface area (Å²) in [5, 5.41) is 0.748. The number of piperidine rings is 1. The number of hydrogen-bond acceptors (Lipinski definition) is 5. The highest BCUT2D eigenvalue weighted by molar-refractivity contribution is 6.01. The third-order valence-electron chi connectivity index (χ3n) is 5.64. The number of aromatic nitrogens is 2. The lowest BCUT2D eigenvalue weighted by Gasteiger charge is -2.32. The molecule has 7 nitrogen and oxygen atoms in total. The molecule has 4 aromatic rings. The van der Waals surface area contributed by atoms with Crippen LogP contribution >= 0.6 is 0 Å². The van der Waals surface area contributed by atoms with E-state index in [0.29, 0.717) is 37.0 Å². The maximum atomic E-state index is 13.8. The van der Waals surface area contributed by atoms with E-state index in [2.05, 4.69) is 4.98 Å². The molecule has 0 bridgehead atoms. The molecule has 2 aromatic carbocycles. The van der Waals surface area contributed by atoms with Crippen LogP contribution in [-0.4, -0.2) is 39.6 Å². The zero-order valence-electron chi connectivity index (χ0n) is 17.0. The number of ether oxygens (including phenoxy) is 1. The third kappa shape index (κ3) is 3.70. The average Bonchev–Trinajstić information content (AvgIpc) is 3.17. The highest BCUT2D eigenvalue weighted by Gasteiger charge is 2.25. The van der Waals surface area contributed by atoms with Gasteiger partial charge in [-0.05, 0) is 24.3 Å². The Balaban J connectivity index is 1.25. The van der Waals surface area contributed by atoms with Crippen molar-refractivity contribution < 1.29 is 22.7 Å². The van der Waals surface area contributed by atoms with E-state index in [1.54, 1.807) is 11.0 Å². The van der Waals surface area contributed by atoms with Gasteiger partial charge in [0.15, 0.2) is 11.6 Å². The van der Waals surface area contributed by atoms with Crippen molar-refractivity contribution in [3.63, 3.8) is 0 Å². The predicted molar refractivity (Wildman–Crippen MR) is 112 cm³/mol. The Kier molecular flexibility index (Phi) is 5.08. The largest absolute Gasteiger partial charge is 0.487 e. The van der Waals surface area contributed by atoms with Crippen molar-refractivity contribution in [1.82, 2.24) is 14.5 Å². The lowest BCUT2D eigenvalue weighted by molar-refractivity contribution is -0.133. The number of carbonyl (C=O) groups excluding carboxylic acids is 1. The molecule has 0 radical (unpaired) electrons. The molecule has 1 amide bonds. The summed E-state index contributed by atoms with van der Waals surface area (Å²) in [6.45, 7) is 0.652. The Morgan fingerprint density at radius 3 is 2.72 bits per heavy atom. The number of likely N-dealkylation sites (tertiary alicyclic amines) is 1. The molecule has 0 aliphatic carbocycles. The van der Waals surface area contributed by atoms with Gasteiger partial charge in [0.1, 0.15) is 29.6 Å². The van der Waals surface area contributed by atoms with Crippen LogP contribution in [0.4, 0.5) is 8.78 Å². The maximum absolute atomic E-state index is 13.8. The van der Waals surface area contributed by atoms with Gasteiger partial charge in [-0.15, -0.1) is 0 Å². The number of rotatable bonds is 4. The Morgan fingerprint density at radius 1 is 1.16 bits per heavy atom. The number of para-hydroxylation sites is 1. The Morgan fingerprint density at radius 2 is 1.94 bits per heavy atom. The molecule has 1 saturated heterocycles. The quantitative estimate of drug-likeness (QED) is 0.487. The molecule has 0 saturated carbocycles. The fourth-order valence-corrected chi connectivity index (χ4v) is 3.95. The van der Waals surface area contributed by atoms with Crippen LogP contribution in [-0.2, 0) is 11.3 Å². The van der Waals surface area contributed by atoms with E-state index in [1.165, 1.54) is 17.0 Å². The number of hydrogen-bond donors (Lipinski definition) is 0. The predicted octanol–water partition coefficient (Wildman–Crippen LogP) is 3.49. The van der Waals surface area contributed by atoms with Gasteiger partial charge in [0.2, 0.25) is 11.5 Å². The molecule has 0 unspecified atom stereocenters. The van der Waals surface area contributed by atoms with Crippen LogP contribution in [0.5, 0.6) is 5.75 Å². The van der Waals surface area contributed by atoms with Gasteiger partial charge in [0.25, 0.3) is 5.56 Å². The van der Waals surface area contributed by atoms with Crippen molar-refractivity contribution in [2.75, 3.05) is 13.1 Å². The number of halogens is 2. The lowest BCUT2D eigenvalue weighted by Crippen LogP contribution is -2.44. The molecule has 32 heavy (non-hydrogen) atoms. The molecule has 1 aliphatic heterocycles. The molecular weight excluding hydrogens is 420 g/mol. The molecular formula is C23H19F2N3O4. The molecule has 9 heteroatoms. The van der Waals surface area contributed by atoms with Gasteiger partial charge in [-0.25, -0.2) is 13.8 Å². The fourth-order valence-electron chi connectivity index (χ4n) is 3.95. The molecule has 1 aliphatic rings. The highest BCUT2D eigenvalue weighted by Crippen LogP contribution is 2.25. The molecule has 3 heterocycles. The summed E-state index contributed by atoms with van der Waals surface area (Å²) >= 11 is 0. The van der Waals surface area contributed by atoms with E-state index in [9.17, 15) is 18.4 Å². The topological polar surface area (TPSA) is 77.6 Å². The van der Waals surface area contributed by atoms with E-state index in [-0.39, 0.29) is 29.9 Å². The Hall–Kier alpha value is -3.75. The van der Waals surface area contributed by atoms with Crippen LogP contribution < -0.4 is 10.3 Å². The van der Waals surface area contributed by atoms with Gasteiger partial charge in [-0.2, -0.15) is 0 Å². The van der Waals surface area contributed by atoms with Crippen LogP contribution in [0.2, 0.25) is 0 Å². The zero-order valence-corrected chi connectivity index (χ0v) is 17.0. The summed E-state index contributed by atoms with van der Waals surface area (Å²) in [6.07, 6.45) is 2.07. The van der Waals surface area contributed by atoms with E-state index < -0.39 is 17.2 Å². The summed E-state index contributed by atoms with van der Waals surface area (Å²) < 4.78 is 39.3. The number of benzene rings is 2. The number of amides is 1. The first-order valence-corrected chi connectivity index (χ1v) is 10.3. The fraction of sp³-hybridized carbons (Fsp3) is 0.261. The number of nitrogens with zero attached hydrogens (tertiary/aromatic N) is 3. The van der Waals surface area contributed by atoms with Gasteiger partial charge in [0, 0.05) is 37.4 Å². The minimum atomic E-state index is -0.753. The second-order valence-corrected chi connectivity index (χ2v) is 7.73. The Bertz CT molecular complexity index is 1370. The van der Waals surface area contributed by atoms with Gasteiger partial charge >= 0.3 is 0 Å². The van der Waals surface area contributed by atoms with Crippen molar-refractivity contribution in [2.45, 2.75) is 25.5 Å². The molecule has 0 atom stereocenters. The van der Waals surface area contributed by atoms with E-state index in [0.717, 1.165) is 17.5 Å². The average molecular weight is 439 g/mol. The SMILES string of the molecule is O=C(Cn1cnc2c(oc3ccccc32)c1=O)N1CCC(Oc2ccc(F)cc2F)CC1. The van der Waals surface area contributed by atoms with Crippen LogP contribution in [0.1, 0.15) is 12.8 Å². The smallest absolute Gasteiger partial charge is 0.297 e. The van der Waals surface area contributed by atoms with Gasteiger partial charge in [-0.1, -0.05) is 12.1 Å². The van der Waals surface area contributed by atoms with E-state index in [4.69, 9.17) is 9.15 Å². The highest BCUT2D eigenvalue weighted by atomic mass is 19.1. The second-order valence-electron chi connectivity index (χ2n) is 7.73. The van der Waals surface area contributed by atoms with Crippen molar-refractivity contribution in [3.05, 3.63) is 70.8 Å². The Labute approximate surface area is 180 Å². The van der Waals surface area contributed by atoms with Crippen LogP contribution in [0.25, 0.3) is 22.1 Å². The minimum absolute atomic E-state index is 0.00654. The normalized spacial score (nSPS) is 14.9. The maximum Gasteiger partial charge on any atom is 0.297 e. The summed E-state index contributed by atoms with van der Waals surface area (Å²) in [5.74, 6) is -1.65. The number of furan rings is 1. The minimum Gasteiger partial charge on any atom is -0.487 e. The van der Waals surface area contributed by atoms with Crippen LogP contribution in [0.3, 0.4) is 0 Å². The molecule has 1 fully saturated rings. The standard InChI is InChI=1S/C23H19F2N3O4/c24-14-5-6-19(17(25)11-14)31-15-7-9-27(10-8-15)20(29)12-28-13-26-21-16-3-1-2-4-18(16)32-22(21)23(28)30/h1-6,11,13,15H,7-10,12H2. The molecule has 0 N–H and O–H groups in total. The summed E-state index contributed by atoms with van der Waals surface area (Å²) in [4.78, 5) is 31.5. The van der Waals surface area contributed by atoms with E-state index >= 15 is 0 Å².